The molecular formula is C13H16N4O2. The number of ether oxygens (including phenoxy) is 1. The number of carbonyl (C=O) groups is 1. The molecule has 2 aromatic rings. The molecule has 0 unspecified atom stereocenters. The molecule has 0 bridgehead atoms. The lowest BCUT2D eigenvalue weighted by Crippen LogP contribution is -2.31. The van der Waals surface area contributed by atoms with E-state index in [0.717, 1.165) is 11.3 Å². The molecule has 1 amide bonds. The van der Waals surface area contributed by atoms with Crippen LogP contribution in [0.2, 0.25) is 0 Å². The van der Waals surface area contributed by atoms with Crippen LogP contribution in [-0.4, -0.2) is 23.2 Å². The van der Waals surface area contributed by atoms with E-state index >= 15 is 0 Å². The number of nitrogens with two attached hydrogens (primary N) is 1. The third kappa shape index (κ3) is 2.74. The highest BCUT2D eigenvalue weighted by Crippen LogP contribution is 2.17. The molecule has 2 rings (SSSR count). The minimum Gasteiger partial charge on any atom is -0.497 e. The Morgan fingerprint density at radius 3 is 2.68 bits per heavy atom. The first kappa shape index (κ1) is 13.1. The number of nitrogens with zero attached hydrogens (tertiary/aromatic N) is 1. The van der Waals surface area contributed by atoms with Crippen LogP contribution in [0, 0.1) is 6.92 Å². The minimum absolute atomic E-state index is 0.338. The molecule has 19 heavy (non-hydrogen) atoms. The summed E-state index contributed by atoms with van der Waals surface area (Å²) in [6.07, 6.45) is 0.553. The summed E-state index contributed by atoms with van der Waals surface area (Å²) in [6, 6.07) is 7.62. The number of amides is 1. The summed E-state index contributed by atoms with van der Waals surface area (Å²) in [4.78, 5) is 11.7. The van der Waals surface area contributed by atoms with Gasteiger partial charge in [-0.2, -0.15) is 5.10 Å². The number of benzene rings is 1. The van der Waals surface area contributed by atoms with Crippen molar-refractivity contribution in [1.82, 2.24) is 15.6 Å². The number of hydrazine groups is 1. The van der Waals surface area contributed by atoms with Gasteiger partial charge >= 0.3 is 0 Å². The standard InChI is InChI=1S/C13H16N4O2/c1-8-12(13(18)15-14)11(17-16-8)7-9-3-5-10(19-2)6-4-9/h3-6H,7,14H2,1-2H3,(H,15,18)(H,16,17). The number of aromatic amines is 1. The highest BCUT2D eigenvalue weighted by molar-refractivity contribution is 5.96. The molecule has 6 nitrogen and oxygen atoms in total. The Kier molecular flexibility index (Phi) is 3.82. The Hall–Kier alpha value is -2.34. The van der Waals surface area contributed by atoms with E-state index < -0.39 is 0 Å². The Morgan fingerprint density at radius 2 is 2.11 bits per heavy atom. The van der Waals surface area contributed by atoms with Gasteiger partial charge in [0.05, 0.1) is 18.4 Å². The Bertz CT molecular complexity index is 575. The molecule has 0 spiro atoms. The van der Waals surface area contributed by atoms with Crippen molar-refractivity contribution in [2.45, 2.75) is 13.3 Å². The maximum absolute atomic E-state index is 11.7. The number of hydrogen-bond acceptors (Lipinski definition) is 4. The molecular weight excluding hydrogens is 244 g/mol. The zero-order valence-corrected chi connectivity index (χ0v) is 10.9. The first-order valence-electron chi connectivity index (χ1n) is 5.83. The molecule has 6 heteroatoms. The number of nitrogens with one attached hydrogen (secondary N) is 2. The molecule has 0 aliphatic heterocycles. The van der Waals surface area contributed by atoms with Gasteiger partial charge in [-0.15, -0.1) is 0 Å². The van der Waals surface area contributed by atoms with Crippen molar-refractivity contribution in [2.24, 2.45) is 5.84 Å². The van der Waals surface area contributed by atoms with Crippen LogP contribution < -0.4 is 16.0 Å². The normalized spacial score (nSPS) is 10.3. The second kappa shape index (κ2) is 5.53. The Balaban J connectivity index is 2.25. The average molecular weight is 260 g/mol. The van der Waals surface area contributed by atoms with Crippen molar-refractivity contribution < 1.29 is 9.53 Å². The van der Waals surface area contributed by atoms with E-state index in [1.807, 2.05) is 24.3 Å². The fraction of sp³-hybridized carbons (Fsp3) is 0.231. The van der Waals surface area contributed by atoms with Crippen molar-refractivity contribution >= 4 is 5.91 Å². The molecule has 0 aliphatic rings. The predicted octanol–water partition coefficient (Wildman–Crippen LogP) is 0.921. The van der Waals surface area contributed by atoms with Crippen LogP contribution in [0.3, 0.4) is 0 Å². The fourth-order valence-electron chi connectivity index (χ4n) is 1.92. The van der Waals surface area contributed by atoms with Gasteiger partial charge in [0.1, 0.15) is 5.75 Å². The van der Waals surface area contributed by atoms with Crippen molar-refractivity contribution in [3.63, 3.8) is 0 Å². The third-order valence-electron chi connectivity index (χ3n) is 2.91. The number of rotatable bonds is 4. The monoisotopic (exact) mass is 260 g/mol. The van der Waals surface area contributed by atoms with Gasteiger partial charge in [0.15, 0.2) is 0 Å². The number of methoxy groups -OCH3 is 1. The molecule has 0 radical (unpaired) electrons. The van der Waals surface area contributed by atoms with Crippen LogP contribution in [0.4, 0.5) is 0 Å². The number of aryl methyl sites for hydroxylation is 1. The van der Waals surface area contributed by atoms with Crippen LogP contribution in [-0.2, 0) is 6.42 Å². The van der Waals surface area contributed by atoms with E-state index in [1.54, 1.807) is 14.0 Å². The van der Waals surface area contributed by atoms with Crippen LogP contribution in [0.5, 0.6) is 5.75 Å². The first-order chi connectivity index (χ1) is 9.15. The van der Waals surface area contributed by atoms with Gasteiger partial charge in [0, 0.05) is 12.1 Å². The number of nitrogen functional groups attached to an aromatic ring is 1. The molecule has 1 aromatic heterocycles. The second-order valence-corrected chi connectivity index (χ2v) is 4.17. The summed E-state index contributed by atoms with van der Waals surface area (Å²) in [6.45, 7) is 1.79. The lowest BCUT2D eigenvalue weighted by Gasteiger charge is -2.04. The van der Waals surface area contributed by atoms with Gasteiger partial charge in [-0.3, -0.25) is 15.3 Å². The average Bonchev–Trinajstić information content (AvgIpc) is 2.80. The van der Waals surface area contributed by atoms with Crippen LogP contribution in [0.1, 0.15) is 27.3 Å². The highest BCUT2D eigenvalue weighted by atomic mass is 16.5. The van der Waals surface area contributed by atoms with E-state index in [2.05, 4.69) is 15.6 Å². The van der Waals surface area contributed by atoms with Crippen LogP contribution in [0.15, 0.2) is 24.3 Å². The lowest BCUT2D eigenvalue weighted by molar-refractivity contribution is 0.0952. The topological polar surface area (TPSA) is 93.0 Å². The van der Waals surface area contributed by atoms with E-state index in [9.17, 15) is 4.79 Å². The summed E-state index contributed by atoms with van der Waals surface area (Å²) >= 11 is 0. The summed E-state index contributed by atoms with van der Waals surface area (Å²) < 4.78 is 5.10. The molecule has 100 valence electrons. The molecule has 0 fully saturated rings. The lowest BCUT2D eigenvalue weighted by atomic mass is 10.0. The zero-order chi connectivity index (χ0) is 13.8. The largest absolute Gasteiger partial charge is 0.497 e. The molecule has 0 saturated carbocycles. The van der Waals surface area contributed by atoms with Gasteiger partial charge in [0.2, 0.25) is 0 Å². The molecule has 0 atom stereocenters. The Morgan fingerprint density at radius 1 is 1.42 bits per heavy atom. The highest BCUT2D eigenvalue weighted by Gasteiger charge is 2.17. The number of H-pyrrole nitrogens is 1. The summed E-state index contributed by atoms with van der Waals surface area (Å²) in [5, 5.41) is 6.95. The summed E-state index contributed by atoms with van der Waals surface area (Å²) in [7, 11) is 1.62. The van der Waals surface area contributed by atoms with Gasteiger partial charge < -0.3 is 4.74 Å². The van der Waals surface area contributed by atoms with Crippen molar-refractivity contribution in [3.8, 4) is 5.75 Å². The SMILES string of the molecule is COc1ccc(Cc2n[nH]c(C)c2C(=O)NN)cc1. The molecule has 4 N–H and O–H groups in total. The number of hydrogen-bond donors (Lipinski definition) is 3. The zero-order valence-electron chi connectivity index (χ0n) is 10.9. The second-order valence-electron chi connectivity index (χ2n) is 4.17. The maximum atomic E-state index is 11.7. The van der Waals surface area contributed by atoms with Crippen molar-refractivity contribution in [3.05, 3.63) is 46.8 Å². The van der Waals surface area contributed by atoms with Gasteiger partial charge in [-0.1, -0.05) is 12.1 Å². The molecule has 1 aromatic carbocycles. The smallest absolute Gasteiger partial charge is 0.268 e. The van der Waals surface area contributed by atoms with Crippen molar-refractivity contribution in [2.75, 3.05) is 7.11 Å². The van der Waals surface area contributed by atoms with Gasteiger partial charge in [0.25, 0.3) is 5.91 Å². The molecule has 1 heterocycles. The first-order valence-corrected chi connectivity index (χ1v) is 5.83. The number of aromatic nitrogens is 2. The predicted molar refractivity (Wildman–Crippen MR) is 70.8 cm³/mol. The van der Waals surface area contributed by atoms with Crippen LogP contribution in [0.25, 0.3) is 0 Å². The Labute approximate surface area is 110 Å². The van der Waals surface area contributed by atoms with Crippen LogP contribution >= 0.6 is 0 Å². The van der Waals surface area contributed by atoms with E-state index in [1.165, 1.54) is 0 Å². The molecule has 0 saturated heterocycles. The quantitative estimate of drug-likeness (QED) is 0.433. The summed E-state index contributed by atoms with van der Waals surface area (Å²) in [5.74, 6) is 5.63. The van der Waals surface area contributed by atoms with E-state index in [0.29, 0.717) is 23.4 Å². The maximum Gasteiger partial charge on any atom is 0.268 e. The van der Waals surface area contributed by atoms with E-state index in [-0.39, 0.29) is 5.91 Å². The third-order valence-corrected chi connectivity index (χ3v) is 2.91. The minimum atomic E-state index is -0.338. The summed E-state index contributed by atoms with van der Waals surface area (Å²) in [5.41, 5.74) is 5.04. The van der Waals surface area contributed by atoms with Crippen molar-refractivity contribution in [1.29, 1.82) is 0 Å². The van der Waals surface area contributed by atoms with E-state index in [4.69, 9.17) is 10.6 Å². The van der Waals surface area contributed by atoms with Gasteiger partial charge in [-0.05, 0) is 24.6 Å². The number of carbonyl (C=O) groups excluding carboxylic acids is 1. The fourth-order valence-corrected chi connectivity index (χ4v) is 1.92. The van der Waals surface area contributed by atoms with Gasteiger partial charge in [-0.25, -0.2) is 5.84 Å². The molecule has 0 aliphatic carbocycles.